The molecule has 0 bridgehead atoms. The molecule has 0 heterocycles. The van der Waals surface area contributed by atoms with Crippen LogP contribution < -0.4 is 5.73 Å². The highest BCUT2D eigenvalue weighted by molar-refractivity contribution is 7.87. The molecule has 1 aliphatic carbocycles. The summed E-state index contributed by atoms with van der Waals surface area (Å²) >= 11 is 0. The van der Waals surface area contributed by atoms with Gasteiger partial charge in [0.05, 0.1) is 12.3 Å². The monoisotopic (exact) mass is 227 g/mol. The van der Waals surface area contributed by atoms with Crippen LogP contribution in [0.2, 0.25) is 0 Å². The molecule has 0 atom stereocenters. The lowest BCUT2D eigenvalue weighted by Gasteiger charge is -2.06. The molecule has 1 fully saturated rings. The summed E-state index contributed by atoms with van der Waals surface area (Å²) in [4.78, 5) is 0.0608. The average Bonchev–Trinajstić information content (AvgIpc) is 2.99. The van der Waals surface area contributed by atoms with E-state index in [4.69, 9.17) is 9.92 Å². The molecule has 0 radical (unpaired) electrons. The number of rotatable bonds is 4. The van der Waals surface area contributed by atoms with E-state index in [2.05, 4.69) is 0 Å². The van der Waals surface area contributed by atoms with E-state index < -0.39 is 10.1 Å². The largest absolute Gasteiger partial charge is 0.398 e. The first-order valence-corrected chi connectivity index (χ1v) is 6.24. The van der Waals surface area contributed by atoms with Gasteiger partial charge in [-0.15, -0.1) is 0 Å². The Morgan fingerprint density at radius 1 is 1.33 bits per heavy atom. The number of nitrogen functional groups attached to an aromatic ring is 1. The normalized spacial score (nSPS) is 16.5. The molecule has 1 aromatic rings. The summed E-state index contributed by atoms with van der Waals surface area (Å²) in [5, 5.41) is 0. The summed E-state index contributed by atoms with van der Waals surface area (Å²) in [6, 6.07) is 6.32. The summed E-state index contributed by atoms with van der Waals surface area (Å²) in [7, 11) is -3.67. The molecule has 5 heteroatoms. The van der Waals surface area contributed by atoms with Crippen LogP contribution in [0.25, 0.3) is 0 Å². The van der Waals surface area contributed by atoms with Crippen molar-refractivity contribution in [1.82, 2.24) is 0 Å². The van der Waals surface area contributed by atoms with Crippen LogP contribution in [-0.4, -0.2) is 15.0 Å². The van der Waals surface area contributed by atoms with Gasteiger partial charge in [-0.2, -0.15) is 8.42 Å². The van der Waals surface area contributed by atoms with Crippen LogP contribution in [0.5, 0.6) is 0 Å². The summed E-state index contributed by atoms with van der Waals surface area (Å²) in [6.07, 6.45) is 2.11. The Morgan fingerprint density at radius 3 is 2.60 bits per heavy atom. The molecule has 0 amide bonds. The number of anilines is 1. The second kappa shape index (κ2) is 3.83. The second-order valence-corrected chi connectivity index (χ2v) is 5.30. The second-order valence-electron chi connectivity index (χ2n) is 3.72. The maximum absolute atomic E-state index is 11.7. The molecule has 0 saturated heterocycles. The van der Waals surface area contributed by atoms with Gasteiger partial charge in [-0.3, -0.25) is 4.18 Å². The zero-order valence-electron chi connectivity index (χ0n) is 8.22. The summed E-state index contributed by atoms with van der Waals surface area (Å²) in [6.45, 7) is 0.274. The van der Waals surface area contributed by atoms with E-state index in [9.17, 15) is 8.42 Å². The first-order chi connectivity index (χ1) is 7.09. The van der Waals surface area contributed by atoms with Gasteiger partial charge < -0.3 is 5.73 Å². The third kappa shape index (κ3) is 2.49. The Kier molecular flexibility index (Phi) is 2.67. The van der Waals surface area contributed by atoms with Crippen molar-refractivity contribution in [3.8, 4) is 0 Å². The molecule has 4 nitrogen and oxygen atoms in total. The number of para-hydroxylation sites is 1. The zero-order valence-corrected chi connectivity index (χ0v) is 9.03. The van der Waals surface area contributed by atoms with E-state index in [0.29, 0.717) is 5.92 Å². The van der Waals surface area contributed by atoms with E-state index in [1.165, 1.54) is 6.07 Å². The average molecular weight is 227 g/mol. The van der Waals surface area contributed by atoms with Crippen molar-refractivity contribution < 1.29 is 12.6 Å². The van der Waals surface area contributed by atoms with Crippen molar-refractivity contribution in [2.24, 2.45) is 5.92 Å². The highest BCUT2D eigenvalue weighted by Gasteiger charge is 2.26. The molecular formula is C10H13NO3S. The summed E-state index contributed by atoms with van der Waals surface area (Å²) in [5.74, 6) is 0.407. The molecule has 1 saturated carbocycles. The fourth-order valence-electron chi connectivity index (χ4n) is 1.24. The van der Waals surface area contributed by atoms with Gasteiger partial charge in [0.1, 0.15) is 4.90 Å². The van der Waals surface area contributed by atoms with Crippen LogP contribution in [-0.2, 0) is 14.3 Å². The van der Waals surface area contributed by atoms with Crippen LogP contribution in [0.4, 0.5) is 5.69 Å². The minimum absolute atomic E-state index is 0.0608. The number of nitrogens with two attached hydrogens (primary N) is 1. The molecule has 2 rings (SSSR count). The van der Waals surface area contributed by atoms with Gasteiger partial charge in [0.2, 0.25) is 0 Å². The number of hydrogen-bond acceptors (Lipinski definition) is 4. The predicted molar refractivity (Wildman–Crippen MR) is 56.7 cm³/mol. The Bertz CT molecular complexity index is 451. The van der Waals surface area contributed by atoms with Gasteiger partial charge in [-0.1, -0.05) is 12.1 Å². The SMILES string of the molecule is Nc1ccccc1S(=O)(=O)OCC1CC1. The minimum Gasteiger partial charge on any atom is -0.398 e. The summed E-state index contributed by atoms with van der Waals surface area (Å²) < 4.78 is 28.3. The molecule has 0 aromatic heterocycles. The smallest absolute Gasteiger partial charge is 0.299 e. The van der Waals surface area contributed by atoms with Crippen LogP contribution in [0, 0.1) is 5.92 Å². The quantitative estimate of drug-likeness (QED) is 0.623. The molecule has 1 aromatic carbocycles. The molecule has 1 aliphatic rings. The van der Waals surface area contributed by atoms with E-state index in [1.54, 1.807) is 18.2 Å². The van der Waals surface area contributed by atoms with E-state index in [0.717, 1.165) is 12.8 Å². The Morgan fingerprint density at radius 2 is 2.00 bits per heavy atom. The van der Waals surface area contributed by atoms with Gasteiger partial charge in [-0.25, -0.2) is 0 Å². The van der Waals surface area contributed by atoms with E-state index >= 15 is 0 Å². The third-order valence-electron chi connectivity index (χ3n) is 2.34. The molecule has 0 aliphatic heterocycles. The topological polar surface area (TPSA) is 69.4 Å². The Labute approximate surface area is 89.2 Å². The van der Waals surface area contributed by atoms with Crippen LogP contribution >= 0.6 is 0 Å². The van der Waals surface area contributed by atoms with Crippen LogP contribution in [0.1, 0.15) is 12.8 Å². The highest BCUT2D eigenvalue weighted by atomic mass is 32.2. The van der Waals surface area contributed by atoms with Crippen molar-refractivity contribution >= 4 is 15.8 Å². The van der Waals surface area contributed by atoms with Crippen LogP contribution in [0.3, 0.4) is 0 Å². The third-order valence-corrected chi connectivity index (χ3v) is 3.70. The maximum Gasteiger partial charge on any atom is 0.299 e. The van der Waals surface area contributed by atoms with Crippen molar-refractivity contribution in [3.05, 3.63) is 24.3 Å². The standard InChI is InChI=1S/C10H13NO3S/c11-9-3-1-2-4-10(9)15(12,13)14-7-8-5-6-8/h1-4,8H,5-7,11H2. The summed E-state index contributed by atoms with van der Waals surface area (Å²) in [5.41, 5.74) is 5.80. The van der Waals surface area contributed by atoms with Crippen molar-refractivity contribution in [3.63, 3.8) is 0 Å². The molecule has 15 heavy (non-hydrogen) atoms. The van der Waals surface area contributed by atoms with Gasteiger partial charge in [0, 0.05) is 0 Å². The minimum atomic E-state index is -3.67. The lowest BCUT2D eigenvalue weighted by Crippen LogP contribution is -2.10. The number of benzene rings is 1. The van der Waals surface area contributed by atoms with Gasteiger partial charge in [-0.05, 0) is 30.9 Å². The Hall–Kier alpha value is -1.07. The van der Waals surface area contributed by atoms with E-state index in [-0.39, 0.29) is 17.2 Å². The fraction of sp³-hybridized carbons (Fsp3) is 0.400. The first-order valence-electron chi connectivity index (χ1n) is 4.83. The maximum atomic E-state index is 11.7. The lowest BCUT2D eigenvalue weighted by atomic mass is 10.3. The molecule has 82 valence electrons. The zero-order chi connectivity index (χ0) is 10.9. The van der Waals surface area contributed by atoms with Crippen molar-refractivity contribution in [2.45, 2.75) is 17.7 Å². The van der Waals surface area contributed by atoms with Crippen molar-refractivity contribution in [1.29, 1.82) is 0 Å². The highest BCUT2D eigenvalue weighted by Crippen LogP contribution is 2.30. The first kappa shape index (κ1) is 10.4. The molecule has 0 spiro atoms. The molecular weight excluding hydrogens is 214 g/mol. The van der Waals surface area contributed by atoms with Gasteiger partial charge in [0.25, 0.3) is 10.1 Å². The molecule has 2 N–H and O–H groups in total. The predicted octanol–water partition coefficient (Wildman–Crippen LogP) is 1.38. The van der Waals surface area contributed by atoms with Gasteiger partial charge in [0.15, 0.2) is 0 Å². The van der Waals surface area contributed by atoms with E-state index in [1.807, 2.05) is 0 Å². The lowest BCUT2D eigenvalue weighted by molar-refractivity contribution is 0.302. The van der Waals surface area contributed by atoms with Crippen molar-refractivity contribution in [2.75, 3.05) is 12.3 Å². The Balaban J connectivity index is 2.16. The number of hydrogen-bond donors (Lipinski definition) is 1. The molecule has 0 unspecified atom stereocenters. The van der Waals surface area contributed by atoms with Gasteiger partial charge >= 0.3 is 0 Å². The van der Waals surface area contributed by atoms with Crippen LogP contribution in [0.15, 0.2) is 29.2 Å². The fourth-order valence-corrected chi connectivity index (χ4v) is 2.34.